The van der Waals surface area contributed by atoms with E-state index in [0.717, 1.165) is 18.2 Å². The number of ketones is 1. The van der Waals surface area contributed by atoms with E-state index in [9.17, 15) is 18.0 Å². The van der Waals surface area contributed by atoms with Gasteiger partial charge in [-0.3, -0.25) is 4.79 Å². The molecule has 0 bridgehead atoms. The third-order valence-electron chi connectivity index (χ3n) is 3.34. The van der Waals surface area contributed by atoms with Crippen molar-refractivity contribution in [3.63, 3.8) is 0 Å². The second-order valence-corrected chi connectivity index (χ2v) is 4.82. The number of para-hydroxylation sites is 1. The highest BCUT2D eigenvalue weighted by molar-refractivity contribution is 6.08. The molecule has 0 saturated heterocycles. The Kier molecular flexibility index (Phi) is 3.82. The zero-order valence-electron chi connectivity index (χ0n) is 11.8. The molecule has 0 spiro atoms. The standard InChI is InChI=1S/C17H11F3O3/c18-17(19,20)13-6-2-1-5-12(13)14(21)9-8-11-4-3-7-15-16(11)23-10-22-15/h1-9H,10H2/b9-8+. The van der Waals surface area contributed by atoms with E-state index in [1.165, 1.54) is 18.2 Å². The van der Waals surface area contributed by atoms with Crippen LogP contribution in [0.2, 0.25) is 0 Å². The molecule has 1 aliphatic heterocycles. The molecule has 0 atom stereocenters. The molecule has 23 heavy (non-hydrogen) atoms. The smallest absolute Gasteiger partial charge is 0.417 e. The number of carbonyl (C=O) groups excluding carboxylic acids is 1. The number of carbonyl (C=O) groups is 1. The van der Waals surface area contributed by atoms with Gasteiger partial charge in [0.15, 0.2) is 17.3 Å². The van der Waals surface area contributed by atoms with Crippen LogP contribution >= 0.6 is 0 Å². The van der Waals surface area contributed by atoms with Crippen LogP contribution in [0, 0.1) is 0 Å². The van der Waals surface area contributed by atoms with Gasteiger partial charge in [0.05, 0.1) is 5.56 Å². The lowest BCUT2D eigenvalue weighted by Gasteiger charge is -2.10. The van der Waals surface area contributed by atoms with Gasteiger partial charge in [-0.15, -0.1) is 0 Å². The van der Waals surface area contributed by atoms with E-state index in [1.807, 2.05) is 0 Å². The van der Waals surface area contributed by atoms with Crippen molar-refractivity contribution in [1.82, 2.24) is 0 Å². The van der Waals surface area contributed by atoms with Crippen molar-refractivity contribution >= 4 is 11.9 Å². The molecule has 118 valence electrons. The summed E-state index contributed by atoms with van der Waals surface area (Å²) in [5.74, 6) is 0.283. The summed E-state index contributed by atoms with van der Waals surface area (Å²) < 4.78 is 49.3. The molecule has 0 unspecified atom stereocenters. The summed E-state index contributed by atoms with van der Waals surface area (Å²) in [4.78, 5) is 12.1. The summed E-state index contributed by atoms with van der Waals surface area (Å²) in [6.45, 7) is 0.0744. The quantitative estimate of drug-likeness (QED) is 0.624. The summed E-state index contributed by atoms with van der Waals surface area (Å²) in [6, 6.07) is 9.80. The van der Waals surface area contributed by atoms with Crippen LogP contribution in [-0.4, -0.2) is 12.6 Å². The molecule has 0 fully saturated rings. The minimum atomic E-state index is -4.58. The first-order valence-corrected chi connectivity index (χ1v) is 6.74. The number of hydrogen-bond donors (Lipinski definition) is 0. The molecule has 1 aliphatic rings. The largest absolute Gasteiger partial charge is 0.454 e. The van der Waals surface area contributed by atoms with Crippen molar-refractivity contribution in [3.05, 3.63) is 65.2 Å². The Bertz CT molecular complexity index is 779. The molecule has 0 amide bonds. The molecule has 1 heterocycles. The molecule has 0 aliphatic carbocycles. The van der Waals surface area contributed by atoms with Crippen LogP contribution < -0.4 is 9.47 Å². The zero-order chi connectivity index (χ0) is 16.4. The van der Waals surface area contributed by atoms with Crippen molar-refractivity contribution in [3.8, 4) is 11.5 Å². The fourth-order valence-corrected chi connectivity index (χ4v) is 2.28. The fraction of sp³-hybridized carbons (Fsp3) is 0.118. The first kappa shape index (κ1) is 15.1. The van der Waals surface area contributed by atoms with Gasteiger partial charge in [-0.05, 0) is 24.3 Å². The van der Waals surface area contributed by atoms with Gasteiger partial charge in [-0.1, -0.05) is 30.3 Å². The summed E-state index contributed by atoms with van der Waals surface area (Å²) in [7, 11) is 0. The SMILES string of the molecule is O=C(/C=C/c1cccc2c1OCO2)c1ccccc1C(F)(F)F. The Morgan fingerprint density at radius 2 is 1.83 bits per heavy atom. The number of halogens is 3. The highest BCUT2D eigenvalue weighted by atomic mass is 19.4. The summed E-state index contributed by atoms with van der Waals surface area (Å²) >= 11 is 0. The Morgan fingerprint density at radius 3 is 2.61 bits per heavy atom. The lowest BCUT2D eigenvalue weighted by molar-refractivity contribution is -0.137. The highest BCUT2D eigenvalue weighted by Crippen LogP contribution is 2.36. The van der Waals surface area contributed by atoms with E-state index in [2.05, 4.69) is 0 Å². The lowest BCUT2D eigenvalue weighted by atomic mass is 10.0. The lowest BCUT2D eigenvalue weighted by Crippen LogP contribution is -2.11. The van der Waals surface area contributed by atoms with Gasteiger partial charge in [-0.2, -0.15) is 13.2 Å². The average molecular weight is 320 g/mol. The molecule has 2 aromatic rings. The molecule has 0 N–H and O–H groups in total. The van der Waals surface area contributed by atoms with Gasteiger partial charge in [0.25, 0.3) is 0 Å². The molecular formula is C17H11F3O3. The first-order valence-electron chi connectivity index (χ1n) is 6.74. The normalized spacial score (nSPS) is 13.5. The molecule has 3 rings (SSSR count). The van der Waals surface area contributed by atoms with E-state index >= 15 is 0 Å². The highest BCUT2D eigenvalue weighted by Gasteiger charge is 2.34. The molecule has 0 aromatic heterocycles. The van der Waals surface area contributed by atoms with Gasteiger partial charge >= 0.3 is 6.18 Å². The van der Waals surface area contributed by atoms with Gasteiger partial charge in [0.2, 0.25) is 6.79 Å². The van der Waals surface area contributed by atoms with E-state index < -0.39 is 17.5 Å². The zero-order valence-corrected chi connectivity index (χ0v) is 11.8. The Morgan fingerprint density at radius 1 is 1.04 bits per heavy atom. The number of fused-ring (bicyclic) bond motifs is 1. The number of alkyl halides is 3. The van der Waals surface area contributed by atoms with E-state index in [1.54, 1.807) is 18.2 Å². The van der Waals surface area contributed by atoms with E-state index in [0.29, 0.717) is 17.1 Å². The van der Waals surface area contributed by atoms with Gasteiger partial charge in [0.1, 0.15) is 0 Å². The van der Waals surface area contributed by atoms with Crippen molar-refractivity contribution in [1.29, 1.82) is 0 Å². The minimum absolute atomic E-state index is 0.0744. The Hall–Kier alpha value is -2.76. The van der Waals surface area contributed by atoms with Crippen molar-refractivity contribution in [2.45, 2.75) is 6.18 Å². The predicted molar refractivity (Wildman–Crippen MR) is 77.4 cm³/mol. The predicted octanol–water partition coefficient (Wildman–Crippen LogP) is 4.33. The van der Waals surface area contributed by atoms with Gasteiger partial charge < -0.3 is 9.47 Å². The molecule has 0 radical (unpaired) electrons. The average Bonchev–Trinajstić information content (AvgIpc) is 3.01. The maximum absolute atomic E-state index is 12.9. The van der Waals surface area contributed by atoms with Crippen molar-refractivity contribution in [2.24, 2.45) is 0 Å². The molecular weight excluding hydrogens is 309 g/mol. The number of benzene rings is 2. The third-order valence-corrected chi connectivity index (χ3v) is 3.34. The second kappa shape index (κ2) is 5.79. The van der Waals surface area contributed by atoms with Crippen molar-refractivity contribution in [2.75, 3.05) is 6.79 Å². The molecule has 2 aromatic carbocycles. The van der Waals surface area contributed by atoms with Crippen LogP contribution in [0.1, 0.15) is 21.5 Å². The fourth-order valence-electron chi connectivity index (χ4n) is 2.28. The topological polar surface area (TPSA) is 35.5 Å². The van der Waals surface area contributed by atoms with Gasteiger partial charge in [-0.25, -0.2) is 0 Å². The molecule has 3 nitrogen and oxygen atoms in total. The summed E-state index contributed by atoms with van der Waals surface area (Å²) in [6.07, 6.45) is -2.06. The van der Waals surface area contributed by atoms with E-state index in [4.69, 9.17) is 9.47 Å². The van der Waals surface area contributed by atoms with Crippen LogP contribution in [0.3, 0.4) is 0 Å². The Balaban J connectivity index is 1.90. The van der Waals surface area contributed by atoms with Crippen LogP contribution in [-0.2, 0) is 6.18 Å². The molecule has 6 heteroatoms. The maximum Gasteiger partial charge on any atom is 0.417 e. The van der Waals surface area contributed by atoms with Crippen LogP contribution in [0.25, 0.3) is 6.08 Å². The van der Waals surface area contributed by atoms with Gasteiger partial charge in [0, 0.05) is 11.1 Å². The number of ether oxygens (including phenoxy) is 2. The maximum atomic E-state index is 12.9. The van der Waals surface area contributed by atoms with E-state index in [-0.39, 0.29) is 12.4 Å². The van der Waals surface area contributed by atoms with Crippen LogP contribution in [0.4, 0.5) is 13.2 Å². The number of allylic oxidation sites excluding steroid dienone is 1. The minimum Gasteiger partial charge on any atom is -0.454 e. The monoisotopic (exact) mass is 320 g/mol. The second-order valence-electron chi connectivity index (χ2n) is 4.82. The summed E-state index contributed by atoms with van der Waals surface area (Å²) in [5, 5.41) is 0. The van der Waals surface area contributed by atoms with Crippen molar-refractivity contribution < 1.29 is 27.4 Å². The summed E-state index contributed by atoms with van der Waals surface area (Å²) in [5.41, 5.74) is -0.772. The first-order chi connectivity index (χ1) is 11.0. The molecule has 0 saturated carbocycles. The van der Waals surface area contributed by atoms with Crippen LogP contribution in [0.15, 0.2) is 48.5 Å². The Labute approximate surface area is 130 Å². The number of rotatable bonds is 3. The third kappa shape index (κ3) is 3.06. The van der Waals surface area contributed by atoms with Crippen LogP contribution in [0.5, 0.6) is 11.5 Å². The number of hydrogen-bond acceptors (Lipinski definition) is 3.